The summed E-state index contributed by atoms with van der Waals surface area (Å²) in [6, 6.07) is 6.75. The van der Waals surface area contributed by atoms with Gasteiger partial charge in [0.1, 0.15) is 6.04 Å². The molecule has 4 nitrogen and oxygen atoms in total. The number of benzene rings is 1. The summed E-state index contributed by atoms with van der Waals surface area (Å²) in [5.74, 6) is 0.252. The van der Waals surface area contributed by atoms with E-state index in [9.17, 15) is 9.59 Å². The van der Waals surface area contributed by atoms with Gasteiger partial charge in [-0.25, -0.2) is 0 Å². The first-order chi connectivity index (χ1) is 11.2. The van der Waals surface area contributed by atoms with Gasteiger partial charge in [0.15, 0.2) is 0 Å². The van der Waals surface area contributed by atoms with Crippen molar-refractivity contribution in [3.8, 4) is 0 Å². The molecule has 0 fully saturated rings. The minimum Gasteiger partial charge on any atom is -0.352 e. The second-order valence-corrected chi connectivity index (χ2v) is 7.91. The fourth-order valence-corrected chi connectivity index (χ4v) is 2.85. The van der Waals surface area contributed by atoms with Crippen LogP contribution in [0.4, 0.5) is 0 Å². The Morgan fingerprint density at radius 1 is 1.00 bits per heavy atom. The summed E-state index contributed by atoms with van der Waals surface area (Å²) in [7, 11) is 0. The lowest BCUT2D eigenvalue weighted by atomic mass is 10.0. The Morgan fingerprint density at radius 3 is 2.17 bits per heavy atom. The molecule has 24 heavy (non-hydrogen) atoms. The summed E-state index contributed by atoms with van der Waals surface area (Å²) in [6.07, 6.45) is 2.00. The lowest BCUT2D eigenvalue weighted by molar-refractivity contribution is -0.124. The number of hydrogen-bond acceptors (Lipinski definition) is 2. The van der Waals surface area contributed by atoms with Crippen LogP contribution in [-0.2, 0) is 4.79 Å². The second-order valence-electron chi connectivity index (χ2n) is 7.06. The molecule has 0 aromatic heterocycles. The van der Waals surface area contributed by atoms with Crippen molar-refractivity contribution in [2.75, 3.05) is 0 Å². The quantitative estimate of drug-likeness (QED) is 0.693. The summed E-state index contributed by atoms with van der Waals surface area (Å²) in [6.45, 7) is 10.2. The maximum absolute atomic E-state index is 12.6. The van der Waals surface area contributed by atoms with E-state index in [1.807, 2.05) is 32.9 Å². The molecule has 134 valence electrons. The van der Waals surface area contributed by atoms with E-state index in [1.54, 1.807) is 12.1 Å². The Balaban J connectivity index is 2.71. The van der Waals surface area contributed by atoms with Gasteiger partial charge in [0.25, 0.3) is 5.91 Å². The first-order valence-corrected chi connectivity index (χ1v) is 9.37. The summed E-state index contributed by atoms with van der Waals surface area (Å²) in [4.78, 5) is 25.0. The number of amides is 2. The molecule has 2 atom stereocenters. The maximum atomic E-state index is 12.6. The van der Waals surface area contributed by atoms with Gasteiger partial charge in [-0.05, 0) is 59.7 Å². The molecule has 0 unspecified atom stereocenters. The molecule has 0 radical (unpaired) electrons. The predicted octanol–water partition coefficient (Wildman–Crippen LogP) is 4.14. The van der Waals surface area contributed by atoms with Crippen LogP contribution in [0.15, 0.2) is 28.7 Å². The van der Waals surface area contributed by atoms with Gasteiger partial charge in [0.2, 0.25) is 5.91 Å². The van der Waals surface area contributed by atoms with Crippen LogP contribution >= 0.6 is 15.9 Å². The zero-order valence-corrected chi connectivity index (χ0v) is 16.8. The first kappa shape index (κ1) is 20.7. The highest BCUT2D eigenvalue weighted by atomic mass is 79.9. The van der Waals surface area contributed by atoms with Gasteiger partial charge >= 0.3 is 0 Å². The Kier molecular flexibility index (Phi) is 8.46. The smallest absolute Gasteiger partial charge is 0.253 e. The third kappa shape index (κ3) is 6.63. The Morgan fingerprint density at radius 2 is 1.62 bits per heavy atom. The van der Waals surface area contributed by atoms with E-state index >= 15 is 0 Å². The third-order valence-corrected chi connectivity index (χ3v) is 4.61. The van der Waals surface area contributed by atoms with Crippen LogP contribution in [0.1, 0.15) is 57.8 Å². The van der Waals surface area contributed by atoms with Crippen LogP contribution in [0.25, 0.3) is 0 Å². The second kappa shape index (κ2) is 9.82. The SMILES string of the molecule is CC(C)CC[C@@H](C)NC(=O)[C@H](NC(=O)c1ccccc1Br)C(C)C. The third-order valence-electron chi connectivity index (χ3n) is 3.92. The average molecular weight is 397 g/mol. The number of carbonyl (C=O) groups is 2. The van der Waals surface area contributed by atoms with Crippen LogP contribution in [0.3, 0.4) is 0 Å². The van der Waals surface area contributed by atoms with Crippen molar-refractivity contribution in [1.82, 2.24) is 10.6 Å². The number of hydrogen-bond donors (Lipinski definition) is 2. The van der Waals surface area contributed by atoms with Crippen molar-refractivity contribution in [3.05, 3.63) is 34.3 Å². The molecule has 0 spiro atoms. The molecule has 0 aliphatic rings. The van der Waals surface area contributed by atoms with Gasteiger partial charge in [-0.1, -0.05) is 39.8 Å². The Bertz CT molecular complexity index is 558. The zero-order valence-electron chi connectivity index (χ0n) is 15.2. The molecule has 2 amide bonds. The fourth-order valence-electron chi connectivity index (χ4n) is 2.39. The monoisotopic (exact) mass is 396 g/mol. The molecular formula is C19H29BrN2O2. The van der Waals surface area contributed by atoms with Gasteiger partial charge in [-0.3, -0.25) is 9.59 Å². The number of halogens is 1. The number of carbonyl (C=O) groups excluding carboxylic acids is 2. The van der Waals surface area contributed by atoms with Gasteiger partial charge in [-0.2, -0.15) is 0 Å². The Labute approximate surface area is 153 Å². The fraction of sp³-hybridized carbons (Fsp3) is 0.579. The Hall–Kier alpha value is -1.36. The van der Waals surface area contributed by atoms with Crippen LogP contribution < -0.4 is 10.6 Å². The topological polar surface area (TPSA) is 58.2 Å². The molecule has 0 aliphatic heterocycles. The highest BCUT2D eigenvalue weighted by Gasteiger charge is 2.26. The minimum atomic E-state index is -0.550. The van der Waals surface area contributed by atoms with Crippen LogP contribution in [0.5, 0.6) is 0 Å². The van der Waals surface area contributed by atoms with Crippen molar-refractivity contribution in [1.29, 1.82) is 0 Å². The molecule has 1 rings (SSSR count). The molecule has 0 saturated heterocycles. The van der Waals surface area contributed by atoms with Gasteiger partial charge < -0.3 is 10.6 Å². The van der Waals surface area contributed by atoms with E-state index in [-0.39, 0.29) is 23.8 Å². The molecule has 2 N–H and O–H groups in total. The summed E-state index contributed by atoms with van der Waals surface area (Å²) >= 11 is 3.37. The van der Waals surface area contributed by atoms with Crippen molar-refractivity contribution in [2.24, 2.45) is 11.8 Å². The van der Waals surface area contributed by atoms with Crippen LogP contribution in [0.2, 0.25) is 0 Å². The predicted molar refractivity (Wildman–Crippen MR) is 102 cm³/mol. The van der Waals surface area contributed by atoms with Crippen molar-refractivity contribution in [2.45, 2.75) is 59.5 Å². The zero-order chi connectivity index (χ0) is 18.3. The highest BCUT2D eigenvalue weighted by molar-refractivity contribution is 9.10. The van der Waals surface area contributed by atoms with Crippen molar-refractivity contribution >= 4 is 27.7 Å². The number of rotatable bonds is 8. The number of nitrogens with one attached hydrogen (secondary N) is 2. The van der Waals surface area contributed by atoms with Gasteiger partial charge in [0.05, 0.1) is 5.56 Å². The summed E-state index contributed by atoms with van der Waals surface area (Å²) < 4.78 is 0.718. The summed E-state index contributed by atoms with van der Waals surface area (Å²) in [5.41, 5.74) is 0.531. The summed E-state index contributed by atoms with van der Waals surface area (Å²) in [5, 5.41) is 5.89. The largest absolute Gasteiger partial charge is 0.352 e. The normalized spacial score (nSPS) is 13.7. The molecule has 1 aromatic rings. The molecule has 5 heteroatoms. The lowest BCUT2D eigenvalue weighted by Gasteiger charge is -2.24. The van der Waals surface area contributed by atoms with Crippen molar-refractivity contribution < 1.29 is 9.59 Å². The van der Waals surface area contributed by atoms with E-state index in [0.717, 1.165) is 17.3 Å². The maximum Gasteiger partial charge on any atom is 0.253 e. The van der Waals surface area contributed by atoms with Crippen LogP contribution in [0, 0.1) is 11.8 Å². The first-order valence-electron chi connectivity index (χ1n) is 8.58. The van der Waals surface area contributed by atoms with E-state index in [4.69, 9.17) is 0 Å². The van der Waals surface area contributed by atoms with E-state index in [0.29, 0.717) is 11.5 Å². The molecule has 0 saturated carbocycles. The van der Waals surface area contributed by atoms with Gasteiger partial charge in [-0.15, -0.1) is 0 Å². The van der Waals surface area contributed by atoms with Crippen LogP contribution in [-0.4, -0.2) is 23.9 Å². The average Bonchev–Trinajstić information content (AvgIpc) is 2.50. The molecule has 1 aromatic carbocycles. The molecular weight excluding hydrogens is 368 g/mol. The molecule has 0 heterocycles. The van der Waals surface area contributed by atoms with E-state index in [2.05, 4.69) is 40.4 Å². The van der Waals surface area contributed by atoms with E-state index in [1.165, 1.54) is 0 Å². The molecule has 0 aliphatic carbocycles. The highest BCUT2D eigenvalue weighted by Crippen LogP contribution is 2.16. The van der Waals surface area contributed by atoms with Crippen molar-refractivity contribution in [3.63, 3.8) is 0 Å². The minimum absolute atomic E-state index is 0.00809. The van der Waals surface area contributed by atoms with E-state index < -0.39 is 6.04 Å². The standard InChI is InChI=1S/C19H29BrN2O2/c1-12(2)10-11-14(5)21-19(24)17(13(3)4)22-18(23)15-8-6-7-9-16(15)20/h6-9,12-14,17H,10-11H2,1-5H3,(H,21,24)(H,22,23)/t14-,17-/m1/s1. The molecule has 0 bridgehead atoms. The van der Waals surface area contributed by atoms with Gasteiger partial charge in [0, 0.05) is 10.5 Å². The lowest BCUT2D eigenvalue weighted by Crippen LogP contribution is -2.51.